The number of rotatable bonds is 6. The summed E-state index contributed by atoms with van der Waals surface area (Å²) in [6.45, 7) is 0.854. The first-order valence-electron chi connectivity index (χ1n) is 6.97. The molecule has 1 aromatic rings. The van der Waals surface area contributed by atoms with Gasteiger partial charge in [0.15, 0.2) is 16.4 Å². The molecule has 0 aliphatic carbocycles. The molecule has 1 N–H and O–H groups in total. The van der Waals surface area contributed by atoms with Gasteiger partial charge in [-0.3, -0.25) is 9.59 Å². The van der Waals surface area contributed by atoms with E-state index in [2.05, 4.69) is 5.32 Å². The van der Waals surface area contributed by atoms with Gasteiger partial charge in [0.2, 0.25) is 5.91 Å². The fourth-order valence-electron chi connectivity index (χ4n) is 1.64. The third-order valence-corrected chi connectivity index (χ3v) is 4.24. The lowest BCUT2D eigenvalue weighted by molar-refractivity contribution is -0.131. The Hall–Kier alpha value is -2.42. The van der Waals surface area contributed by atoms with Crippen LogP contribution in [0.2, 0.25) is 0 Å². The Morgan fingerprint density at radius 1 is 1.21 bits per heavy atom. The number of hydrogen-bond donors (Lipinski definition) is 1. The number of benzene rings is 1. The molecule has 1 aromatic carbocycles. The van der Waals surface area contributed by atoms with Gasteiger partial charge < -0.3 is 15.0 Å². The van der Waals surface area contributed by atoms with E-state index in [1.165, 1.54) is 23.1 Å². The van der Waals surface area contributed by atoms with Gasteiger partial charge in [-0.1, -0.05) is 6.07 Å². The molecule has 0 spiro atoms. The molecule has 0 saturated heterocycles. The smallest absolute Gasteiger partial charge is 0.338 e. The molecule has 0 unspecified atom stereocenters. The summed E-state index contributed by atoms with van der Waals surface area (Å²) in [6.07, 6.45) is 1.03. The maximum absolute atomic E-state index is 12.0. The van der Waals surface area contributed by atoms with Crippen LogP contribution in [0.4, 0.5) is 0 Å². The molecule has 0 aliphatic heterocycles. The molecule has 0 fully saturated rings. The van der Waals surface area contributed by atoms with Crippen molar-refractivity contribution in [2.75, 3.05) is 33.5 Å². The van der Waals surface area contributed by atoms with E-state index in [9.17, 15) is 22.8 Å². The van der Waals surface area contributed by atoms with Gasteiger partial charge in [-0.2, -0.15) is 0 Å². The maximum atomic E-state index is 12.0. The second-order valence-corrected chi connectivity index (χ2v) is 7.41. The summed E-state index contributed by atoms with van der Waals surface area (Å²) in [5, 5.41) is 2.32. The minimum atomic E-state index is -3.46. The van der Waals surface area contributed by atoms with Crippen LogP contribution in [0.15, 0.2) is 23.1 Å². The van der Waals surface area contributed by atoms with Crippen LogP contribution in [-0.2, 0) is 24.2 Å². The van der Waals surface area contributed by atoms with Gasteiger partial charge in [0.05, 0.1) is 17.0 Å². The van der Waals surface area contributed by atoms with Gasteiger partial charge in [0.25, 0.3) is 5.91 Å². The molecule has 132 valence electrons. The van der Waals surface area contributed by atoms with Crippen LogP contribution in [0.25, 0.3) is 0 Å². The van der Waals surface area contributed by atoms with E-state index in [4.69, 9.17) is 4.74 Å². The molecule has 0 bridgehead atoms. The van der Waals surface area contributed by atoms with Crippen LogP contribution >= 0.6 is 0 Å². The van der Waals surface area contributed by atoms with Gasteiger partial charge in [-0.15, -0.1) is 0 Å². The van der Waals surface area contributed by atoms with Crippen molar-refractivity contribution in [3.63, 3.8) is 0 Å². The van der Waals surface area contributed by atoms with Crippen LogP contribution < -0.4 is 5.32 Å². The number of carbonyl (C=O) groups is 3. The lowest BCUT2D eigenvalue weighted by Crippen LogP contribution is -2.38. The lowest BCUT2D eigenvalue weighted by atomic mass is 10.1. The number of ether oxygens (including phenoxy) is 1. The largest absolute Gasteiger partial charge is 0.452 e. The van der Waals surface area contributed by atoms with Crippen LogP contribution in [0.3, 0.4) is 0 Å². The van der Waals surface area contributed by atoms with Gasteiger partial charge in [0, 0.05) is 20.4 Å². The molecule has 1 rings (SSSR count). The number of nitrogens with one attached hydrogen (secondary N) is 1. The van der Waals surface area contributed by atoms with E-state index in [0.717, 1.165) is 6.26 Å². The molecule has 0 radical (unpaired) electrons. The molecule has 0 saturated carbocycles. The molecular formula is C15H20N2O6S. The molecular weight excluding hydrogens is 336 g/mol. The highest BCUT2D eigenvalue weighted by Crippen LogP contribution is 2.16. The Morgan fingerprint density at radius 3 is 2.38 bits per heavy atom. The van der Waals surface area contributed by atoms with Crippen molar-refractivity contribution >= 4 is 27.6 Å². The fourth-order valence-corrected chi connectivity index (χ4v) is 2.29. The summed E-state index contributed by atoms with van der Waals surface area (Å²) in [4.78, 5) is 36.2. The third kappa shape index (κ3) is 5.65. The summed E-state index contributed by atoms with van der Waals surface area (Å²) in [5.74, 6) is -1.74. The van der Waals surface area contributed by atoms with Crippen LogP contribution in [0, 0.1) is 6.92 Å². The van der Waals surface area contributed by atoms with Crippen LogP contribution in [-0.4, -0.2) is 64.6 Å². The van der Waals surface area contributed by atoms with Crippen LogP contribution in [0.1, 0.15) is 15.9 Å². The zero-order valence-electron chi connectivity index (χ0n) is 14.0. The Bertz CT molecular complexity index is 755. The van der Waals surface area contributed by atoms with Crippen molar-refractivity contribution in [2.45, 2.75) is 11.8 Å². The van der Waals surface area contributed by atoms with Crippen molar-refractivity contribution in [3.8, 4) is 0 Å². The predicted molar refractivity (Wildman–Crippen MR) is 86.3 cm³/mol. The average Bonchev–Trinajstić information content (AvgIpc) is 2.49. The summed E-state index contributed by atoms with van der Waals surface area (Å²) in [5.41, 5.74) is 0.589. The van der Waals surface area contributed by atoms with Crippen molar-refractivity contribution in [3.05, 3.63) is 29.3 Å². The zero-order chi connectivity index (χ0) is 18.5. The Labute approximate surface area is 140 Å². The summed E-state index contributed by atoms with van der Waals surface area (Å²) >= 11 is 0. The normalized spacial score (nSPS) is 10.8. The molecule has 0 aliphatic rings. The van der Waals surface area contributed by atoms with Crippen molar-refractivity contribution in [2.24, 2.45) is 0 Å². The minimum absolute atomic E-state index is 0.0129. The molecule has 0 heterocycles. The molecule has 0 aromatic heterocycles. The minimum Gasteiger partial charge on any atom is -0.452 e. The number of hydrogen-bond acceptors (Lipinski definition) is 6. The first-order chi connectivity index (χ1) is 11.0. The Kier molecular flexibility index (Phi) is 6.47. The monoisotopic (exact) mass is 356 g/mol. The number of likely N-dealkylation sites (N-methyl/N-ethyl adjacent to an activating group) is 1. The number of carbonyl (C=O) groups excluding carboxylic acids is 3. The highest BCUT2D eigenvalue weighted by Gasteiger charge is 2.17. The quantitative estimate of drug-likeness (QED) is 0.705. The number of nitrogens with zero attached hydrogens (tertiary/aromatic N) is 1. The van der Waals surface area contributed by atoms with Gasteiger partial charge >= 0.3 is 5.97 Å². The maximum Gasteiger partial charge on any atom is 0.338 e. The average molecular weight is 356 g/mol. The first kappa shape index (κ1) is 19.6. The van der Waals surface area contributed by atoms with E-state index in [1.54, 1.807) is 21.0 Å². The number of esters is 1. The standard InChI is InChI=1S/C15H20N2O6S/c1-10-5-6-11(24(4,21)22)7-12(10)15(20)23-9-13(18)16-8-14(19)17(2)3/h5-7H,8-9H2,1-4H3,(H,16,18). The second-order valence-electron chi connectivity index (χ2n) is 5.39. The Balaban J connectivity index is 2.69. The molecule has 9 heteroatoms. The van der Waals surface area contributed by atoms with E-state index in [1.807, 2.05) is 0 Å². The van der Waals surface area contributed by atoms with Crippen molar-refractivity contribution in [1.29, 1.82) is 0 Å². The van der Waals surface area contributed by atoms with E-state index in [-0.39, 0.29) is 22.9 Å². The lowest BCUT2D eigenvalue weighted by Gasteiger charge is -2.11. The highest BCUT2D eigenvalue weighted by molar-refractivity contribution is 7.90. The third-order valence-electron chi connectivity index (χ3n) is 3.13. The first-order valence-corrected chi connectivity index (χ1v) is 8.86. The summed E-state index contributed by atoms with van der Waals surface area (Å²) in [7, 11) is -0.367. The van der Waals surface area contributed by atoms with Crippen molar-refractivity contribution in [1.82, 2.24) is 10.2 Å². The van der Waals surface area contributed by atoms with E-state index >= 15 is 0 Å². The van der Waals surface area contributed by atoms with E-state index < -0.39 is 28.3 Å². The number of amides is 2. The molecule has 24 heavy (non-hydrogen) atoms. The fraction of sp³-hybridized carbons (Fsp3) is 0.400. The molecule has 0 atom stereocenters. The molecule has 8 nitrogen and oxygen atoms in total. The topological polar surface area (TPSA) is 110 Å². The van der Waals surface area contributed by atoms with E-state index in [0.29, 0.717) is 5.56 Å². The van der Waals surface area contributed by atoms with Crippen molar-refractivity contribution < 1.29 is 27.5 Å². The highest BCUT2D eigenvalue weighted by atomic mass is 32.2. The van der Waals surface area contributed by atoms with Gasteiger partial charge in [0.1, 0.15) is 0 Å². The second kappa shape index (κ2) is 7.91. The van der Waals surface area contributed by atoms with Gasteiger partial charge in [-0.25, -0.2) is 13.2 Å². The molecule has 2 amide bonds. The summed E-state index contributed by atoms with van der Waals surface area (Å²) in [6, 6.07) is 4.09. The predicted octanol–water partition coefficient (Wildman–Crippen LogP) is -0.240. The number of aryl methyl sites for hydroxylation is 1. The van der Waals surface area contributed by atoms with Crippen LogP contribution in [0.5, 0.6) is 0 Å². The number of sulfone groups is 1. The van der Waals surface area contributed by atoms with Gasteiger partial charge in [-0.05, 0) is 24.6 Å². The summed E-state index contributed by atoms with van der Waals surface area (Å²) < 4.78 is 27.9. The SMILES string of the molecule is Cc1ccc(S(C)(=O)=O)cc1C(=O)OCC(=O)NCC(=O)N(C)C. The zero-order valence-corrected chi connectivity index (χ0v) is 14.8. The Morgan fingerprint density at radius 2 is 1.83 bits per heavy atom.